The molecule has 1 aromatic rings. The molecule has 0 aliphatic heterocycles. The molecule has 0 aliphatic rings. The van der Waals surface area contributed by atoms with Crippen LogP contribution < -0.4 is 5.73 Å². The molecule has 0 unspecified atom stereocenters. The highest BCUT2D eigenvalue weighted by molar-refractivity contribution is 6.18. The molecule has 1 nitrogen and oxygen atoms in total. The van der Waals surface area contributed by atoms with Gasteiger partial charge in [0.1, 0.15) is 0 Å². The van der Waals surface area contributed by atoms with Gasteiger partial charge in [-0.2, -0.15) is 0 Å². The van der Waals surface area contributed by atoms with Crippen molar-refractivity contribution >= 4 is 24.0 Å². The summed E-state index contributed by atoms with van der Waals surface area (Å²) in [6.45, 7) is 0. The van der Waals surface area contributed by atoms with Crippen molar-refractivity contribution in [1.82, 2.24) is 0 Å². The zero-order valence-electron chi connectivity index (χ0n) is 6.74. The fourth-order valence-electron chi connectivity index (χ4n) is 0.971. The molecule has 1 atom stereocenters. The van der Waals surface area contributed by atoms with Crippen LogP contribution in [0.5, 0.6) is 0 Å². The smallest absolute Gasteiger partial charge is 0.0378 e. The molecule has 2 N–H and O–H groups in total. The highest BCUT2D eigenvalue weighted by Gasteiger charge is 2.00. The summed E-state index contributed by atoms with van der Waals surface area (Å²) in [5, 5.41) is 0. The third-order valence-electron chi connectivity index (χ3n) is 1.54. The van der Waals surface area contributed by atoms with E-state index in [1.807, 2.05) is 18.2 Å². The Balaban J connectivity index is 0.00000121. The van der Waals surface area contributed by atoms with Crippen LogP contribution >= 0.6 is 24.0 Å². The summed E-state index contributed by atoms with van der Waals surface area (Å²) in [6, 6.07) is 10.2. The van der Waals surface area contributed by atoms with Crippen molar-refractivity contribution in [2.45, 2.75) is 12.5 Å². The molecule has 3 heteroatoms. The first-order valence-corrected chi connectivity index (χ1v) is 4.22. The van der Waals surface area contributed by atoms with E-state index in [-0.39, 0.29) is 18.4 Å². The number of hydrogen-bond acceptors (Lipinski definition) is 1. The number of rotatable bonds is 3. The van der Waals surface area contributed by atoms with E-state index < -0.39 is 0 Å². The van der Waals surface area contributed by atoms with Gasteiger partial charge in [-0.05, 0) is 12.0 Å². The van der Waals surface area contributed by atoms with Crippen LogP contribution in [0.2, 0.25) is 0 Å². The summed E-state index contributed by atoms with van der Waals surface area (Å²) < 4.78 is 0. The molecule has 0 spiro atoms. The van der Waals surface area contributed by atoms with Gasteiger partial charge in [0.05, 0.1) is 0 Å². The fraction of sp³-hybridized carbons (Fsp3) is 0.333. The van der Waals surface area contributed by atoms with E-state index in [1.165, 1.54) is 5.56 Å². The zero-order chi connectivity index (χ0) is 8.10. The Morgan fingerprint density at radius 1 is 1.25 bits per heavy atom. The summed E-state index contributed by atoms with van der Waals surface area (Å²) in [7, 11) is 0. The minimum absolute atomic E-state index is 0. The van der Waals surface area contributed by atoms with Gasteiger partial charge in [0.25, 0.3) is 0 Å². The van der Waals surface area contributed by atoms with Crippen LogP contribution in [-0.2, 0) is 6.42 Å². The molecule has 0 amide bonds. The number of benzene rings is 1. The predicted octanol–water partition coefficient (Wildman–Crippen LogP) is 2.22. The van der Waals surface area contributed by atoms with E-state index >= 15 is 0 Å². The van der Waals surface area contributed by atoms with E-state index in [4.69, 9.17) is 17.3 Å². The Morgan fingerprint density at radius 2 is 1.83 bits per heavy atom. The summed E-state index contributed by atoms with van der Waals surface area (Å²) in [6.07, 6.45) is 0.865. The highest BCUT2D eigenvalue weighted by atomic mass is 35.5. The molecule has 0 heterocycles. The molecule has 0 radical (unpaired) electrons. The average Bonchev–Trinajstić information content (AvgIpc) is 2.06. The Kier molecular flexibility index (Phi) is 6.17. The molecule has 1 rings (SSSR count). The van der Waals surface area contributed by atoms with Crippen molar-refractivity contribution in [3.8, 4) is 0 Å². The summed E-state index contributed by atoms with van der Waals surface area (Å²) >= 11 is 5.58. The van der Waals surface area contributed by atoms with Gasteiger partial charge < -0.3 is 5.73 Å². The van der Waals surface area contributed by atoms with Crippen LogP contribution in [0.1, 0.15) is 5.56 Å². The standard InChI is InChI=1S/C9H12ClN.ClH/c10-7-9(11)6-8-4-2-1-3-5-8;/h1-5,9H,6-7,11H2;1H/t9-;/m1./s1. The zero-order valence-corrected chi connectivity index (χ0v) is 8.31. The molecule has 0 fully saturated rings. The van der Waals surface area contributed by atoms with Gasteiger partial charge in [0.2, 0.25) is 0 Å². The average molecular weight is 206 g/mol. The minimum atomic E-state index is 0. The van der Waals surface area contributed by atoms with Crippen LogP contribution in [0.4, 0.5) is 0 Å². The largest absolute Gasteiger partial charge is 0.326 e. The van der Waals surface area contributed by atoms with Crippen LogP contribution in [-0.4, -0.2) is 11.9 Å². The van der Waals surface area contributed by atoms with E-state index in [1.54, 1.807) is 0 Å². The molecule has 12 heavy (non-hydrogen) atoms. The Labute approximate surface area is 84.3 Å². The first-order chi connectivity index (χ1) is 5.33. The lowest BCUT2D eigenvalue weighted by Gasteiger charge is -2.06. The molecule has 68 valence electrons. The quantitative estimate of drug-likeness (QED) is 0.754. The molecule has 0 saturated carbocycles. The number of hydrogen-bond donors (Lipinski definition) is 1. The normalized spacial score (nSPS) is 11.8. The predicted molar refractivity (Wildman–Crippen MR) is 56.1 cm³/mol. The van der Waals surface area contributed by atoms with Gasteiger partial charge in [-0.1, -0.05) is 30.3 Å². The van der Waals surface area contributed by atoms with Crippen molar-refractivity contribution in [3.63, 3.8) is 0 Å². The Bertz CT molecular complexity index is 201. The molecule has 0 aliphatic carbocycles. The lowest BCUT2D eigenvalue weighted by atomic mass is 10.1. The second-order valence-corrected chi connectivity index (χ2v) is 2.91. The Morgan fingerprint density at radius 3 is 2.33 bits per heavy atom. The molecular weight excluding hydrogens is 193 g/mol. The lowest BCUT2D eigenvalue weighted by molar-refractivity contribution is 0.745. The molecule has 0 saturated heterocycles. The second-order valence-electron chi connectivity index (χ2n) is 2.60. The Hall–Kier alpha value is -0.240. The maximum atomic E-state index is 5.67. The van der Waals surface area contributed by atoms with Gasteiger partial charge in [-0.3, -0.25) is 0 Å². The van der Waals surface area contributed by atoms with Gasteiger partial charge in [-0.15, -0.1) is 24.0 Å². The number of nitrogens with two attached hydrogens (primary N) is 1. The van der Waals surface area contributed by atoms with E-state index in [0.29, 0.717) is 5.88 Å². The van der Waals surface area contributed by atoms with Gasteiger partial charge in [-0.25, -0.2) is 0 Å². The van der Waals surface area contributed by atoms with Crippen molar-refractivity contribution in [1.29, 1.82) is 0 Å². The monoisotopic (exact) mass is 205 g/mol. The first kappa shape index (κ1) is 11.8. The van der Waals surface area contributed by atoms with Gasteiger partial charge >= 0.3 is 0 Å². The summed E-state index contributed by atoms with van der Waals surface area (Å²) in [5.41, 5.74) is 6.92. The maximum absolute atomic E-state index is 5.67. The van der Waals surface area contributed by atoms with Crippen molar-refractivity contribution < 1.29 is 0 Å². The third kappa shape index (κ3) is 3.96. The first-order valence-electron chi connectivity index (χ1n) is 3.68. The van der Waals surface area contributed by atoms with Gasteiger partial charge in [0.15, 0.2) is 0 Å². The molecular formula is C9H13Cl2N. The van der Waals surface area contributed by atoms with Crippen molar-refractivity contribution in [2.24, 2.45) is 5.73 Å². The fourth-order valence-corrected chi connectivity index (χ4v) is 1.08. The minimum Gasteiger partial charge on any atom is -0.326 e. The number of halogens is 2. The highest BCUT2D eigenvalue weighted by Crippen LogP contribution is 2.02. The van der Waals surface area contributed by atoms with Crippen LogP contribution in [0, 0.1) is 0 Å². The summed E-state index contributed by atoms with van der Waals surface area (Å²) in [5.74, 6) is 0.523. The number of alkyl halides is 1. The molecule has 1 aromatic carbocycles. The van der Waals surface area contributed by atoms with Crippen LogP contribution in [0.15, 0.2) is 30.3 Å². The van der Waals surface area contributed by atoms with Crippen LogP contribution in [0.25, 0.3) is 0 Å². The molecule has 0 aromatic heterocycles. The van der Waals surface area contributed by atoms with Crippen molar-refractivity contribution in [3.05, 3.63) is 35.9 Å². The second kappa shape index (κ2) is 6.30. The lowest BCUT2D eigenvalue weighted by Crippen LogP contribution is -2.24. The SMILES string of the molecule is Cl.N[C@@H](CCl)Cc1ccccc1. The van der Waals surface area contributed by atoms with Gasteiger partial charge in [0, 0.05) is 11.9 Å². The molecule has 0 bridgehead atoms. The van der Waals surface area contributed by atoms with E-state index in [0.717, 1.165) is 6.42 Å². The van der Waals surface area contributed by atoms with Crippen molar-refractivity contribution in [2.75, 3.05) is 5.88 Å². The van der Waals surface area contributed by atoms with Crippen LogP contribution in [0.3, 0.4) is 0 Å². The van der Waals surface area contributed by atoms with E-state index in [2.05, 4.69) is 12.1 Å². The summed E-state index contributed by atoms with van der Waals surface area (Å²) in [4.78, 5) is 0. The maximum Gasteiger partial charge on any atom is 0.0378 e. The van der Waals surface area contributed by atoms with E-state index in [9.17, 15) is 0 Å². The third-order valence-corrected chi connectivity index (χ3v) is 1.94. The topological polar surface area (TPSA) is 26.0 Å².